The van der Waals surface area contributed by atoms with Crippen molar-refractivity contribution < 1.29 is 13.5 Å². The molecule has 4 rings (SSSR count). The summed E-state index contributed by atoms with van der Waals surface area (Å²) in [4.78, 5) is 5.99. The molecule has 2 atom stereocenters. The van der Waals surface area contributed by atoms with Crippen LogP contribution >= 0.6 is 11.3 Å². The van der Waals surface area contributed by atoms with Crippen LogP contribution in [0.2, 0.25) is 0 Å². The molecule has 0 amide bonds. The molecule has 6 nitrogen and oxygen atoms in total. The molecule has 8 heteroatoms. The van der Waals surface area contributed by atoms with E-state index in [0.717, 1.165) is 33.7 Å². The number of benzene rings is 1. The van der Waals surface area contributed by atoms with Crippen molar-refractivity contribution in [1.82, 2.24) is 9.71 Å². The first-order valence-corrected chi connectivity index (χ1v) is 13.6. The fourth-order valence-corrected chi connectivity index (χ4v) is 7.26. The van der Waals surface area contributed by atoms with Crippen LogP contribution in [0.3, 0.4) is 0 Å². The SMILES string of the molecule is Cc1ccc(-c2sc(NCC3CCCCC3)nc2C)cc1S(=O)(=O)NC1CCC(O)C1. The van der Waals surface area contributed by atoms with Crippen LogP contribution in [0, 0.1) is 19.8 Å². The van der Waals surface area contributed by atoms with Gasteiger partial charge in [0.15, 0.2) is 5.13 Å². The highest BCUT2D eigenvalue weighted by molar-refractivity contribution is 7.89. The van der Waals surface area contributed by atoms with Gasteiger partial charge in [-0.25, -0.2) is 18.1 Å². The second-order valence-corrected chi connectivity index (χ2v) is 11.8. The molecule has 2 saturated carbocycles. The van der Waals surface area contributed by atoms with E-state index in [1.807, 2.05) is 26.0 Å². The normalized spacial score (nSPS) is 22.7. The third kappa shape index (κ3) is 5.48. The number of hydrogen-bond acceptors (Lipinski definition) is 6. The Balaban J connectivity index is 1.51. The Bertz CT molecular complexity index is 1010. The molecule has 0 spiro atoms. The molecule has 31 heavy (non-hydrogen) atoms. The highest BCUT2D eigenvalue weighted by Gasteiger charge is 2.28. The van der Waals surface area contributed by atoms with Crippen LogP contribution < -0.4 is 10.0 Å². The first-order valence-electron chi connectivity index (χ1n) is 11.3. The molecule has 0 saturated heterocycles. The number of rotatable bonds is 7. The van der Waals surface area contributed by atoms with Crippen molar-refractivity contribution in [3.8, 4) is 10.4 Å². The molecule has 0 aliphatic heterocycles. The lowest BCUT2D eigenvalue weighted by Gasteiger charge is -2.21. The van der Waals surface area contributed by atoms with Gasteiger partial charge in [0.2, 0.25) is 10.0 Å². The summed E-state index contributed by atoms with van der Waals surface area (Å²) in [6.07, 6.45) is 7.94. The molecule has 0 bridgehead atoms. The van der Waals surface area contributed by atoms with Crippen LogP contribution in [0.15, 0.2) is 23.1 Å². The summed E-state index contributed by atoms with van der Waals surface area (Å²) in [6, 6.07) is 5.39. The quantitative estimate of drug-likeness (QED) is 0.558. The lowest BCUT2D eigenvalue weighted by molar-refractivity contribution is 0.181. The van der Waals surface area contributed by atoms with E-state index < -0.39 is 16.1 Å². The molecule has 2 unspecified atom stereocenters. The van der Waals surface area contributed by atoms with Crippen molar-refractivity contribution in [3.05, 3.63) is 29.5 Å². The molecule has 0 radical (unpaired) electrons. The Morgan fingerprint density at radius 2 is 1.90 bits per heavy atom. The summed E-state index contributed by atoms with van der Waals surface area (Å²) in [7, 11) is -3.65. The minimum atomic E-state index is -3.65. The molecule has 3 N–H and O–H groups in total. The summed E-state index contributed by atoms with van der Waals surface area (Å²) in [5.74, 6) is 0.720. The standard InChI is InChI=1S/C23H33N3O3S2/c1-15-8-9-18(12-21(15)31(28,29)26-19-10-11-20(27)13-19)22-16(2)25-23(30-22)24-14-17-6-4-3-5-7-17/h8-9,12,17,19-20,26-27H,3-7,10-11,13-14H2,1-2H3,(H,24,25). The summed E-state index contributed by atoms with van der Waals surface area (Å²) >= 11 is 1.59. The summed E-state index contributed by atoms with van der Waals surface area (Å²) in [5, 5.41) is 14.1. The van der Waals surface area contributed by atoms with Crippen molar-refractivity contribution in [2.24, 2.45) is 5.92 Å². The van der Waals surface area contributed by atoms with Gasteiger partial charge in [-0.1, -0.05) is 42.7 Å². The summed E-state index contributed by atoms with van der Waals surface area (Å²) in [6.45, 7) is 4.75. The number of sulfonamides is 1. The molecule has 1 aromatic carbocycles. The number of aliphatic hydroxyl groups is 1. The van der Waals surface area contributed by atoms with Crippen LogP contribution in [0.4, 0.5) is 5.13 Å². The lowest BCUT2D eigenvalue weighted by atomic mass is 9.89. The van der Waals surface area contributed by atoms with Crippen molar-refractivity contribution in [2.75, 3.05) is 11.9 Å². The van der Waals surface area contributed by atoms with Gasteiger partial charge < -0.3 is 10.4 Å². The second-order valence-electron chi connectivity index (χ2n) is 9.08. The lowest BCUT2D eigenvalue weighted by Crippen LogP contribution is -2.33. The minimum Gasteiger partial charge on any atom is -0.393 e. The first-order chi connectivity index (χ1) is 14.8. The van der Waals surface area contributed by atoms with Gasteiger partial charge in [0.05, 0.1) is 21.6 Å². The number of nitrogens with one attached hydrogen (secondary N) is 2. The molecule has 1 heterocycles. The topological polar surface area (TPSA) is 91.3 Å². The van der Waals surface area contributed by atoms with Gasteiger partial charge in [0, 0.05) is 12.6 Å². The largest absolute Gasteiger partial charge is 0.393 e. The smallest absolute Gasteiger partial charge is 0.241 e. The number of nitrogens with zero attached hydrogens (tertiary/aromatic N) is 1. The summed E-state index contributed by atoms with van der Waals surface area (Å²) < 4.78 is 28.9. The number of aromatic nitrogens is 1. The number of thiazole rings is 1. The summed E-state index contributed by atoms with van der Waals surface area (Å²) in [5.41, 5.74) is 2.50. The maximum atomic E-state index is 13.0. The van der Waals surface area contributed by atoms with Crippen LogP contribution in [0.5, 0.6) is 0 Å². The molecule has 2 aliphatic carbocycles. The van der Waals surface area contributed by atoms with Crippen molar-refractivity contribution in [1.29, 1.82) is 0 Å². The van der Waals surface area contributed by atoms with E-state index in [-0.39, 0.29) is 6.04 Å². The van der Waals surface area contributed by atoms with Crippen molar-refractivity contribution in [2.45, 2.75) is 82.3 Å². The Labute approximate surface area is 189 Å². The Hall–Kier alpha value is -1.48. The van der Waals surface area contributed by atoms with Crippen LogP contribution in [-0.4, -0.2) is 37.2 Å². The van der Waals surface area contributed by atoms with Gasteiger partial charge in [0.25, 0.3) is 0 Å². The van der Waals surface area contributed by atoms with E-state index in [1.54, 1.807) is 17.4 Å². The molecule has 170 valence electrons. The minimum absolute atomic E-state index is 0.205. The van der Waals surface area contributed by atoms with Gasteiger partial charge >= 0.3 is 0 Å². The second kappa shape index (κ2) is 9.57. The van der Waals surface area contributed by atoms with Gasteiger partial charge in [-0.3, -0.25) is 0 Å². The van der Waals surface area contributed by atoms with Crippen LogP contribution in [0.1, 0.15) is 62.6 Å². The molecule has 1 aromatic heterocycles. The van der Waals surface area contributed by atoms with E-state index in [9.17, 15) is 13.5 Å². The van der Waals surface area contributed by atoms with Crippen LogP contribution in [-0.2, 0) is 10.0 Å². The third-order valence-electron chi connectivity index (χ3n) is 6.53. The van der Waals surface area contributed by atoms with Gasteiger partial charge in [-0.15, -0.1) is 0 Å². The van der Waals surface area contributed by atoms with E-state index in [2.05, 4.69) is 10.0 Å². The van der Waals surface area contributed by atoms with Crippen LogP contribution in [0.25, 0.3) is 10.4 Å². The monoisotopic (exact) mass is 463 g/mol. The molecule has 2 fully saturated rings. The maximum absolute atomic E-state index is 13.0. The third-order valence-corrected chi connectivity index (χ3v) is 9.36. The van der Waals surface area contributed by atoms with E-state index in [0.29, 0.717) is 29.7 Å². The number of aliphatic hydroxyl groups excluding tert-OH is 1. The first kappa shape index (κ1) is 22.7. The Kier molecular flexibility index (Phi) is 7.01. The van der Waals surface area contributed by atoms with Gasteiger partial charge in [-0.2, -0.15) is 0 Å². The Morgan fingerprint density at radius 3 is 2.61 bits per heavy atom. The average Bonchev–Trinajstić information content (AvgIpc) is 3.32. The van der Waals surface area contributed by atoms with E-state index >= 15 is 0 Å². The number of aryl methyl sites for hydroxylation is 2. The zero-order valence-corrected chi connectivity index (χ0v) is 20.0. The molecule has 2 aliphatic rings. The molecular formula is C23H33N3O3S2. The number of hydrogen-bond donors (Lipinski definition) is 3. The van der Waals surface area contributed by atoms with Crippen molar-refractivity contribution >= 4 is 26.5 Å². The maximum Gasteiger partial charge on any atom is 0.241 e. The Morgan fingerprint density at radius 1 is 1.13 bits per heavy atom. The molecule has 2 aromatic rings. The fraction of sp³-hybridized carbons (Fsp3) is 0.609. The predicted octanol–water partition coefficient (Wildman–Crippen LogP) is 4.61. The van der Waals surface area contributed by atoms with Gasteiger partial charge in [0.1, 0.15) is 0 Å². The van der Waals surface area contributed by atoms with Crippen molar-refractivity contribution in [3.63, 3.8) is 0 Å². The highest BCUT2D eigenvalue weighted by atomic mass is 32.2. The zero-order valence-electron chi connectivity index (χ0n) is 18.4. The molecular weight excluding hydrogens is 430 g/mol. The highest BCUT2D eigenvalue weighted by Crippen LogP contribution is 2.35. The average molecular weight is 464 g/mol. The van der Waals surface area contributed by atoms with E-state index in [4.69, 9.17) is 4.98 Å². The fourth-order valence-electron chi connectivity index (χ4n) is 4.74. The zero-order chi connectivity index (χ0) is 22.0. The number of anilines is 1. The predicted molar refractivity (Wildman–Crippen MR) is 126 cm³/mol. The van der Waals surface area contributed by atoms with E-state index in [1.165, 1.54) is 32.1 Å². The van der Waals surface area contributed by atoms with Gasteiger partial charge in [-0.05, 0) is 69.1 Å².